The van der Waals surface area contributed by atoms with E-state index < -0.39 is 59.2 Å². The molecule has 0 spiro atoms. The molecule has 3 aromatic rings. The number of nitrogens with one attached hydrogen (secondary N) is 1. The predicted molar refractivity (Wildman–Crippen MR) is 162 cm³/mol. The van der Waals surface area contributed by atoms with Gasteiger partial charge in [0.05, 0.1) is 53.5 Å². The maximum atomic E-state index is 13.7. The summed E-state index contributed by atoms with van der Waals surface area (Å²) in [6, 6.07) is 3.44. The van der Waals surface area contributed by atoms with Crippen LogP contribution >= 0.6 is 0 Å². The van der Waals surface area contributed by atoms with Crippen molar-refractivity contribution in [3.8, 4) is 5.75 Å². The number of hydrogen-bond donors (Lipinski definition) is 3. The Morgan fingerprint density at radius 3 is 2.33 bits per heavy atom. The molecule has 0 bridgehead atoms. The third-order valence-corrected chi connectivity index (χ3v) is 7.70. The first-order valence-corrected chi connectivity index (χ1v) is 15.1. The number of carboxylic acids is 1. The maximum absolute atomic E-state index is 13.7. The first kappa shape index (κ1) is 36.7. The number of esters is 1. The first-order valence-electron chi connectivity index (χ1n) is 15.1. The molecule has 17 heteroatoms. The van der Waals surface area contributed by atoms with Crippen molar-refractivity contribution in [2.45, 2.75) is 70.4 Å². The number of carboxylic acid groups (broad SMARTS) is 2. The number of fused-ring (bicyclic) bond motifs is 1. The largest absolute Gasteiger partial charge is 0.490 e. The normalized spacial score (nSPS) is 16.1. The first-order chi connectivity index (χ1) is 23.0. The van der Waals surface area contributed by atoms with Crippen LogP contribution in [0.5, 0.6) is 5.75 Å². The van der Waals surface area contributed by atoms with E-state index in [1.165, 1.54) is 6.20 Å². The summed E-state index contributed by atoms with van der Waals surface area (Å²) < 4.78 is 92.6. The quantitative estimate of drug-likeness (QED) is 0.0995. The Morgan fingerprint density at radius 1 is 1.00 bits per heavy atom. The zero-order chi connectivity index (χ0) is 36.1. The van der Waals surface area contributed by atoms with E-state index in [1.807, 2.05) is 0 Å². The Bertz CT molecular complexity index is 1700. The highest BCUT2D eigenvalue weighted by Crippen LogP contribution is 2.43. The minimum atomic E-state index is -4.87. The van der Waals surface area contributed by atoms with Crippen LogP contribution in [0.1, 0.15) is 83.9 Å². The summed E-state index contributed by atoms with van der Waals surface area (Å²) in [5, 5.41) is 22.3. The molecule has 2 heterocycles. The molecule has 264 valence electrons. The van der Waals surface area contributed by atoms with Crippen LogP contribution in [-0.2, 0) is 28.3 Å². The Kier molecular flexibility index (Phi) is 11.2. The van der Waals surface area contributed by atoms with E-state index in [2.05, 4.69) is 15.3 Å². The van der Waals surface area contributed by atoms with Gasteiger partial charge in [-0.2, -0.15) is 26.3 Å². The Balaban J connectivity index is 1.74. The number of benzene rings is 2. The molecule has 0 fully saturated rings. The SMILES string of the molecule is CCOC(=O)CCCOc1cnc(N[C@H]2C[C@@H](CC)N(C(=O)O)c3ccc(C(F)(F)F)cc32)nc1Cc1cc(C(=O)O)cc(C(F)(F)F)c1. The Hall–Kier alpha value is -5.09. The third kappa shape index (κ3) is 9.08. The number of halogens is 6. The van der Waals surface area contributed by atoms with Gasteiger partial charge in [-0.05, 0) is 73.7 Å². The highest BCUT2D eigenvalue weighted by molar-refractivity contribution is 5.89. The molecular formula is C32H32F6N4O7. The molecule has 2 atom stereocenters. The molecule has 0 unspecified atom stereocenters. The fourth-order valence-electron chi connectivity index (χ4n) is 5.46. The van der Waals surface area contributed by atoms with E-state index in [1.54, 1.807) is 13.8 Å². The minimum absolute atomic E-state index is 0.00331. The van der Waals surface area contributed by atoms with Crippen molar-refractivity contribution in [2.75, 3.05) is 23.4 Å². The molecule has 49 heavy (non-hydrogen) atoms. The highest BCUT2D eigenvalue weighted by atomic mass is 19.4. The Morgan fingerprint density at radius 2 is 1.71 bits per heavy atom. The van der Waals surface area contributed by atoms with E-state index in [4.69, 9.17) is 9.47 Å². The van der Waals surface area contributed by atoms with E-state index in [9.17, 15) is 50.9 Å². The van der Waals surface area contributed by atoms with Gasteiger partial charge in [0, 0.05) is 18.9 Å². The summed E-state index contributed by atoms with van der Waals surface area (Å²) in [5.41, 5.74) is -2.89. The predicted octanol–water partition coefficient (Wildman–Crippen LogP) is 7.35. The van der Waals surface area contributed by atoms with Crippen LogP contribution in [-0.4, -0.2) is 57.5 Å². The molecule has 1 aliphatic rings. The average Bonchev–Trinajstić information content (AvgIpc) is 3.02. The molecule has 2 aromatic carbocycles. The molecular weight excluding hydrogens is 666 g/mol. The molecule has 0 aliphatic carbocycles. The number of carbonyl (C=O) groups excluding carboxylic acids is 1. The van der Waals surface area contributed by atoms with Gasteiger partial charge < -0.3 is 25.0 Å². The third-order valence-electron chi connectivity index (χ3n) is 7.70. The number of aromatic nitrogens is 2. The van der Waals surface area contributed by atoms with Crippen molar-refractivity contribution in [3.05, 3.63) is 76.1 Å². The fraction of sp³-hybridized carbons (Fsp3) is 0.406. The second-order valence-corrected chi connectivity index (χ2v) is 11.1. The van der Waals surface area contributed by atoms with Crippen molar-refractivity contribution < 1.29 is 60.4 Å². The van der Waals surface area contributed by atoms with Gasteiger partial charge in [0.2, 0.25) is 5.95 Å². The van der Waals surface area contributed by atoms with Crippen LogP contribution in [0.25, 0.3) is 0 Å². The fourth-order valence-corrected chi connectivity index (χ4v) is 5.46. The lowest BCUT2D eigenvalue weighted by Crippen LogP contribution is -2.45. The van der Waals surface area contributed by atoms with Gasteiger partial charge >= 0.3 is 30.4 Å². The van der Waals surface area contributed by atoms with Crippen LogP contribution < -0.4 is 15.0 Å². The minimum Gasteiger partial charge on any atom is -0.490 e. The lowest BCUT2D eigenvalue weighted by Gasteiger charge is -2.39. The van der Waals surface area contributed by atoms with Gasteiger partial charge in [0.1, 0.15) is 0 Å². The van der Waals surface area contributed by atoms with Crippen molar-refractivity contribution >= 4 is 29.7 Å². The summed E-state index contributed by atoms with van der Waals surface area (Å²) in [6.45, 7) is 3.49. The van der Waals surface area contributed by atoms with Crippen molar-refractivity contribution in [1.82, 2.24) is 9.97 Å². The van der Waals surface area contributed by atoms with Crippen molar-refractivity contribution in [3.63, 3.8) is 0 Å². The standard InChI is InChI=1S/C32H32F6N4O7/c1-3-21-15-23(22-14-19(31(33,34)35)7-8-25(22)42(21)30(46)47)40-29-39-16-26(49-9-5-6-27(43)48-4-2)24(41-29)12-17-10-18(28(44)45)13-20(11-17)32(36,37)38/h7-8,10-11,13-14,16,21,23H,3-6,9,12,15H2,1-2H3,(H,44,45)(H,46,47)(H,39,40,41)/t21-,23+/m1/s1. The summed E-state index contributed by atoms with van der Waals surface area (Å²) in [4.78, 5) is 45.1. The number of hydrogen-bond acceptors (Lipinski definition) is 8. The molecule has 1 aliphatic heterocycles. The molecule has 11 nitrogen and oxygen atoms in total. The summed E-state index contributed by atoms with van der Waals surface area (Å²) >= 11 is 0. The number of ether oxygens (including phenoxy) is 2. The molecule has 4 rings (SSSR count). The molecule has 1 aromatic heterocycles. The smallest absolute Gasteiger partial charge is 0.416 e. The molecule has 1 amide bonds. The number of alkyl halides is 6. The summed E-state index contributed by atoms with van der Waals surface area (Å²) in [6.07, 6.45) is -9.59. The van der Waals surface area contributed by atoms with Gasteiger partial charge in [-0.15, -0.1) is 0 Å². The number of amides is 1. The summed E-state index contributed by atoms with van der Waals surface area (Å²) in [7, 11) is 0. The molecule has 0 saturated heterocycles. The van der Waals surface area contributed by atoms with Crippen molar-refractivity contribution in [1.29, 1.82) is 0 Å². The Labute approximate surface area is 275 Å². The number of nitrogens with zero attached hydrogens (tertiary/aromatic N) is 3. The monoisotopic (exact) mass is 698 g/mol. The van der Waals surface area contributed by atoms with Crippen LogP contribution in [0.4, 0.5) is 42.8 Å². The number of aromatic carboxylic acids is 1. The second kappa shape index (κ2) is 15.0. The van der Waals surface area contributed by atoms with Gasteiger partial charge in [0.25, 0.3) is 0 Å². The van der Waals surface area contributed by atoms with Gasteiger partial charge in [0.15, 0.2) is 5.75 Å². The zero-order valence-electron chi connectivity index (χ0n) is 26.2. The van der Waals surface area contributed by atoms with E-state index in [-0.39, 0.29) is 73.1 Å². The summed E-state index contributed by atoms with van der Waals surface area (Å²) in [5.74, 6) is -2.23. The zero-order valence-corrected chi connectivity index (χ0v) is 26.2. The second-order valence-electron chi connectivity index (χ2n) is 11.1. The average molecular weight is 699 g/mol. The van der Waals surface area contributed by atoms with E-state index in [0.717, 1.165) is 35.2 Å². The lowest BCUT2D eigenvalue weighted by atomic mass is 9.89. The van der Waals surface area contributed by atoms with E-state index in [0.29, 0.717) is 12.5 Å². The highest BCUT2D eigenvalue weighted by Gasteiger charge is 2.39. The van der Waals surface area contributed by atoms with Crippen molar-refractivity contribution in [2.24, 2.45) is 0 Å². The van der Waals surface area contributed by atoms with Crippen LogP contribution in [0.15, 0.2) is 42.6 Å². The van der Waals surface area contributed by atoms with Gasteiger partial charge in [-0.1, -0.05) is 6.92 Å². The number of rotatable bonds is 12. The van der Waals surface area contributed by atoms with Crippen LogP contribution in [0.3, 0.4) is 0 Å². The lowest BCUT2D eigenvalue weighted by molar-refractivity contribution is -0.143. The van der Waals surface area contributed by atoms with Gasteiger partial charge in [-0.25, -0.2) is 19.6 Å². The van der Waals surface area contributed by atoms with Crippen LogP contribution in [0.2, 0.25) is 0 Å². The van der Waals surface area contributed by atoms with Gasteiger partial charge in [-0.3, -0.25) is 9.69 Å². The van der Waals surface area contributed by atoms with Crippen LogP contribution in [0, 0.1) is 0 Å². The maximum Gasteiger partial charge on any atom is 0.416 e. The number of anilines is 2. The molecule has 0 radical (unpaired) electrons. The molecule has 0 saturated carbocycles. The van der Waals surface area contributed by atoms with E-state index >= 15 is 0 Å². The number of carbonyl (C=O) groups is 3. The molecule has 3 N–H and O–H groups in total. The topological polar surface area (TPSA) is 151 Å².